The van der Waals surface area contributed by atoms with E-state index in [1.165, 1.54) is 19.4 Å². The molecule has 0 aliphatic carbocycles. The number of hydrogen-bond acceptors (Lipinski definition) is 2. The predicted molar refractivity (Wildman–Crippen MR) is 19.0 cm³/mol. The average Bonchev–Trinajstić information content (AvgIpc) is 1.86. The van der Waals surface area contributed by atoms with Crippen molar-refractivity contribution < 1.29 is 24.1 Å². The van der Waals surface area contributed by atoms with Crippen LogP contribution in [0.15, 0.2) is 0 Å². The molecule has 6 heavy (non-hydrogen) atoms. The molecular weight excluding hydrogens is 250 g/mol. The Morgan fingerprint density at radius 2 is 2.67 bits per heavy atom. The molecular formula is C3H5NOW. The first-order valence-electron chi connectivity index (χ1n) is 1.80. The van der Waals surface area contributed by atoms with Crippen LogP contribution in [-0.4, -0.2) is 17.4 Å². The van der Waals surface area contributed by atoms with Gasteiger partial charge in [-0.15, -0.1) is 0 Å². The van der Waals surface area contributed by atoms with Crippen molar-refractivity contribution in [2.45, 2.75) is 0 Å². The molecule has 0 aromatic carbocycles. The summed E-state index contributed by atoms with van der Waals surface area (Å²) >= 11 is 1.39. The molecule has 0 spiro atoms. The molecule has 0 bridgehead atoms. The van der Waals surface area contributed by atoms with Gasteiger partial charge in [-0.25, -0.2) is 0 Å². The zero-order chi connectivity index (χ0) is 4.41. The van der Waals surface area contributed by atoms with Crippen LogP contribution in [0.1, 0.15) is 0 Å². The summed E-state index contributed by atoms with van der Waals surface area (Å²) in [6.45, 7) is 1.86. The quantitative estimate of drug-likeness (QED) is 0.614. The standard InChI is InChI=1S/C3H5NO.W/c1-2-5-3-4-1;/h4H,1-2H2;. The Bertz CT molecular complexity index is 65.2. The van der Waals surface area contributed by atoms with Gasteiger partial charge < -0.3 is 0 Å². The van der Waals surface area contributed by atoms with Gasteiger partial charge in [-0.2, -0.15) is 0 Å². The zero-order valence-corrected chi connectivity index (χ0v) is 6.16. The van der Waals surface area contributed by atoms with Gasteiger partial charge in [-0.3, -0.25) is 0 Å². The molecule has 1 N–H and O–H groups in total. The molecule has 1 aliphatic heterocycles. The van der Waals surface area contributed by atoms with E-state index in [0.29, 0.717) is 0 Å². The SMILES string of the molecule is [W]=[C]1NCCO1. The van der Waals surface area contributed by atoms with Gasteiger partial charge in [0.15, 0.2) is 0 Å². The molecule has 1 rings (SSSR count). The van der Waals surface area contributed by atoms with Crippen LogP contribution in [0.25, 0.3) is 0 Å². The molecule has 3 heteroatoms. The first kappa shape index (κ1) is 4.63. The van der Waals surface area contributed by atoms with E-state index in [0.717, 1.165) is 17.4 Å². The summed E-state index contributed by atoms with van der Waals surface area (Å²) < 4.78 is 6.03. The second-order valence-electron chi connectivity index (χ2n) is 1.06. The van der Waals surface area contributed by atoms with Gasteiger partial charge >= 0.3 is 46.8 Å². The van der Waals surface area contributed by atoms with Crippen LogP contribution in [0.5, 0.6) is 0 Å². The molecule has 0 atom stereocenters. The number of rotatable bonds is 0. The van der Waals surface area contributed by atoms with Crippen molar-refractivity contribution in [3.05, 3.63) is 0 Å². The summed E-state index contributed by atoms with van der Waals surface area (Å²) in [7, 11) is 0. The summed E-state index contributed by atoms with van der Waals surface area (Å²) in [6.07, 6.45) is 0. The monoisotopic (exact) mass is 255 g/mol. The second-order valence-corrected chi connectivity index (χ2v) is 2.39. The van der Waals surface area contributed by atoms with Crippen LogP contribution in [0.2, 0.25) is 0 Å². The van der Waals surface area contributed by atoms with Crippen molar-refractivity contribution >= 4 is 4.21 Å². The minimum atomic E-state index is 0.860. The molecule has 0 aromatic rings. The van der Waals surface area contributed by atoms with Gasteiger partial charge in [0.1, 0.15) is 0 Å². The summed E-state index contributed by atoms with van der Waals surface area (Å²) in [6, 6.07) is 0. The first-order chi connectivity index (χ1) is 2.89. The number of nitrogens with one attached hydrogen (secondary N) is 1. The van der Waals surface area contributed by atoms with Gasteiger partial charge in [0.2, 0.25) is 0 Å². The Hall–Kier alpha value is 0.478. The van der Waals surface area contributed by atoms with Gasteiger partial charge in [0, 0.05) is 0 Å². The fourth-order valence-electron chi connectivity index (χ4n) is 0.348. The average molecular weight is 255 g/mol. The summed E-state index contributed by atoms with van der Waals surface area (Å²) in [5.41, 5.74) is 0. The third-order valence-corrected chi connectivity index (χ3v) is 1.55. The molecule has 0 amide bonds. The Kier molecular flexibility index (Phi) is 1.52. The Labute approximate surface area is 47.3 Å². The minimum absolute atomic E-state index is 0.860. The van der Waals surface area contributed by atoms with Crippen LogP contribution in [-0.2, 0) is 24.1 Å². The van der Waals surface area contributed by atoms with Crippen LogP contribution < -0.4 is 5.32 Å². The van der Waals surface area contributed by atoms with Gasteiger partial charge in [-0.05, 0) is 0 Å². The van der Waals surface area contributed by atoms with Crippen molar-refractivity contribution in [3.63, 3.8) is 0 Å². The number of ether oxygens (including phenoxy) is 1. The molecule has 1 heterocycles. The van der Waals surface area contributed by atoms with Gasteiger partial charge in [0.05, 0.1) is 0 Å². The predicted octanol–water partition coefficient (Wildman–Crippen LogP) is -0.760. The fourth-order valence-corrected chi connectivity index (χ4v) is 1.01. The zero-order valence-electron chi connectivity index (χ0n) is 3.23. The Morgan fingerprint density at radius 1 is 1.83 bits per heavy atom. The molecule has 0 aromatic heterocycles. The summed E-state index contributed by atoms with van der Waals surface area (Å²) in [4.78, 5) is 0. The van der Waals surface area contributed by atoms with E-state index in [2.05, 4.69) is 5.32 Å². The van der Waals surface area contributed by atoms with E-state index >= 15 is 0 Å². The summed E-state index contributed by atoms with van der Waals surface area (Å²) in [5, 5.41) is 3.05. The maximum absolute atomic E-state index is 5.00. The van der Waals surface area contributed by atoms with Crippen LogP contribution in [0, 0.1) is 0 Å². The van der Waals surface area contributed by atoms with Crippen molar-refractivity contribution in [1.29, 1.82) is 0 Å². The van der Waals surface area contributed by atoms with Gasteiger partial charge in [0.25, 0.3) is 0 Å². The van der Waals surface area contributed by atoms with E-state index in [9.17, 15) is 0 Å². The van der Waals surface area contributed by atoms with Crippen LogP contribution in [0.4, 0.5) is 0 Å². The van der Waals surface area contributed by atoms with Gasteiger partial charge in [-0.1, -0.05) is 0 Å². The summed E-state index contributed by atoms with van der Waals surface area (Å²) in [5.74, 6) is 0. The molecule has 1 aliphatic rings. The molecule has 1 saturated heterocycles. The normalized spacial score (nSPS) is 22.3. The molecule has 34 valence electrons. The Balaban J connectivity index is 2.37. The van der Waals surface area contributed by atoms with Crippen LogP contribution in [0.3, 0.4) is 0 Å². The van der Waals surface area contributed by atoms with E-state index in [4.69, 9.17) is 4.74 Å². The van der Waals surface area contributed by atoms with E-state index in [1.807, 2.05) is 0 Å². The van der Waals surface area contributed by atoms with E-state index in [-0.39, 0.29) is 0 Å². The third-order valence-electron chi connectivity index (χ3n) is 0.605. The Morgan fingerprint density at radius 3 is 2.83 bits per heavy atom. The van der Waals surface area contributed by atoms with Crippen molar-refractivity contribution in [1.82, 2.24) is 5.32 Å². The molecule has 0 saturated carbocycles. The van der Waals surface area contributed by atoms with Crippen LogP contribution >= 0.6 is 0 Å². The topological polar surface area (TPSA) is 21.3 Å². The van der Waals surface area contributed by atoms with Crippen molar-refractivity contribution in [2.24, 2.45) is 0 Å². The van der Waals surface area contributed by atoms with E-state index < -0.39 is 0 Å². The first-order valence-corrected chi connectivity index (χ1v) is 3.27. The molecule has 2 nitrogen and oxygen atoms in total. The number of hydrogen-bond donors (Lipinski definition) is 1. The molecule has 0 unspecified atom stereocenters. The van der Waals surface area contributed by atoms with E-state index in [1.54, 1.807) is 0 Å². The molecule has 0 radical (unpaired) electrons. The second kappa shape index (κ2) is 1.96. The van der Waals surface area contributed by atoms with Crippen molar-refractivity contribution in [3.8, 4) is 0 Å². The third kappa shape index (κ3) is 0.969. The van der Waals surface area contributed by atoms with Crippen molar-refractivity contribution in [2.75, 3.05) is 13.2 Å². The molecule has 1 fully saturated rings. The maximum atomic E-state index is 5.00. The fraction of sp³-hybridized carbons (Fsp3) is 0.667.